The van der Waals surface area contributed by atoms with Crippen LogP contribution in [0.1, 0.15) is 30.0 Å². The minimum atomic E-state index is -0.376. The first-order valence-electron chi connectivity index (χ1n) is 10.8. The molecule has 0 aromatic heterocycles. The van der Waals surface area contributed by atoms with Gasteiger partial charge in [-0.05, 0) is 72.6 Å². The van der Waals surface area contributed by atoms with E-state index in [2.05, 4.69) is 12.6 Å². The van der Waals surface area contributed by atoms with Crippen molar-refractivity contribution in [2.75, 3.05) is 13.2 Å². The van der Waals surface area contributed by atoms with Crippen LogP contribution >= 0.6 is 0 Å². The van der Waals surface area contributed by atoms with Crippen molar-refractivity contribution in [3.8, 4) is 22.3 Å². The lowest BCUT2D eigenvalue weighted by Gasteiger charge is -2.13. The topological polar surface area (TPSA) is 46.5 Å². The summed E-state index contributed by atoms with van der Waals surface area (Å²) in [6.07, 6.45) is 2.00. The van der Waals surface area contributed by atoms with E-state index in [9.17, 15) is 14.3 Å². The number of aliphatic hydroxyl groups excluding tert-OH is 1. The highest BCUT2D eigenvalue weighted by molar-refractivity contribution is 5.86. The molecule has 0 bridgehead atoms. The first kappa shape index (κ1) is 23.4. The molecule has 166 valence electrons. The number of hydrogen-bond donors (Lipinski definition) is 1. The highest BCUT2D eigenvalue weighted by atomic mass is 19.1. The van der Waals surface area contributed by atoms with Crippen molar-refractivity contribution in [2.24, 2.45) is 0 Å². The lowest BCUT2D eigenvalue weighted by atomic mass is 9.94. The van der Waals surface area contributed by atoms with Crippen LogP contribution in [0.3, 0.4) is 0 Å². The quantitative estimate of drug-likeness (QED) is 0.254. The molecule has 4 heteroatoms. The number of rotatable bonds is 9. The second-order valence-corrected chi connectivity index (χ2v) is 8.04. The van der Waals surface area contributed by atoms with E-state index in [0.29, 0.717) is 30.6 Å². The number of esters is 1. The minimum absolute atomic E-state index is 0.0772. The zero-order chi connectivity index (χ0) is 23.1. The van der Waals surface area contributed by atoms with Gasteiger partial charge in [-0.2, -0.15) is 0 Å². The third-order valence-corrected chi connectivity index (χ3v) is 5.41. The monoisotopic (exact) mass is 432 g/mol. The number of aryl methyl sites for hydroxylation is 2. The maximum atomic E-state index is 14.3. The van der Waals surface area contributed by atoms with Gasteiger partial charge in [0.25, 0.3) is 0 Å². The average molecular weight is 433 g/mol. The fourth-order valence-electron chi connectivity index (χ4n) is 3.65. The van der Waals surface area contributed by atoms with Gasteiger partial charge in [-0.1, -0.05) is 61.2 Å². The summed E-state index contributed by atoms with van der Waals surface area (Å²) in [6, 6.07) is 19.3. The molecule has 3 rings (SSSR count). The fraction of sp³-hybridized carbons (Fsp3) is 0.250. The van der Waals surface area contributed by atoms with Crippen LogP contribution in [0.15, 0.2) is 72.8 Å². The Balaban J connectivity index is 1.77. The number of ether oxygens (including phenoxy) is 1. The molecule has 0 radical (unpaired) electrons. The van der Waals surface area contributed by atoms with Gasteiger partial charge < -0.3 is 9.84 Å². The smallest absolute Gasteiger partial charge is 0.333 e. The Kier molecular flexibility index (Phi) is 7.96. The molecular formula is C28H29FO3. The Morgan fingerprint density at radius 1 is 0.938 bits per heavy atom. The van der Waals surface area contributed by atoms with Crippen molar-refractivity contribution < 1.29 is 19.0 Å². The van der Waals surface area contributed by atoms with Gasteiger partial charge in [-0.3, -0.25) is 0 Å². The highest BCUT2D eigenvalue weighted by Crippen LogP contribution is 2.29. The van der Waals surface area contributed by atoms with Gasteiger partial charge >= 0.3 is 5.97 Å². The van der Waals surface area contributed by atoms with E-state index in [4.69, 9.17) is 4.74 Å². The summed E-state index contributed by atoms with van der Waals surface area (Å²) >= 11 is 0. The maximum Gasteiger partial charge on any atom is 0.333 e. The number of halogens is 1. The van der Waals surface area contributed by atoms with E-state index in [1.54, 1.807) is 13.0 Å². The summed E-state index contributed by atoms with van der Waals surface area (Å²) in [5.41, 5.74) is 7.00. The predicted molar refractivity (Wildman–Crippen MR) is 127 cm³/mol. The Labute approximate surface area is 189 Å². The van der Waals surface area contributed by atoms with Crippen molar-refractivity contribution in [3.05, 3.63) is 95.3 Å². The SMILES string of the molecule is C=C(C)C(=O)OCCCc1cc(-c2ccc(-c3ccc(C)cc3F)cc2)ccc1CCO. The summed E-state index contributed by atoms with van der Waals surface area (Å²) in [6.45, 7) is 7.49. The van der Waals surface area contributed by atoms with Crippen LogP contribution in [-0.2, 0) is 22.4 Å². The van der Waals surface area contributed by atoms with Gasteiger partial charge in [0.05, 0.1) is 6.61 Å². The van der Waals surface area contributed by atoms with Gasteiger partial charge in [0, 0.05) is 17.7 Å². The van der Waals surface area contributed by atoms with Crippen LogP contribution in [0.5, 0.6) is 0 Å². The molecule has 3 aromatic carbocycles. The van der Waals surface area contributed by atoms with Crippen LogP contribution in [0.2, 0.25) is 0 Å². The number of benzene rings is 3. The number of carbonyl (C=O) groups is 1. The standard InChI is InChI=1S/C28H29FO3/c1-19(2)28(31)32-16-4-5-24-18-25(12-9-22(24)14-15-30)21-7-10-23(11-8-21)26-13-6-20(3)17-27(26)29/h6-13,17-18,30H,1,4-5,14-16H2,2-3H3. The number of aliphatic hydroxyl groups is 1. The van der Waals surface area contributed by atoms with Crippen LogP contribution in [0, 0.1) is 12.7 Å². The van der Waals surface area contributed by atoms with Gasteiger partial charge in [-0.15, -0.1) is 0 Å². The molecule has 0 aliphatic heterocycles. The second-order valence-electron chi connectivity index (χ2n) is 8.04. The molecule has 3 nitrogen and oxygen atoms in total. The Morgan fingerprint density at radius 2 is 1.62 bits per heavy atom. The van der Waals surface area contributed by atoms with Crippen molar-refractivity contribution in [2.45, 2.75) is 33.1 Å². The second kappa shape index (κ2) is 10.9. The molecule has 0 saturated heterocycles. The molecule has 0 spiro atoms. The van der Waals surface area contributed by atoms with Crippen LogP contribution in [-0.4, -0.2) is 24.3 Å². The van der Waals surface area contributed by atoms with Crippen molar-refractivity contribution in [1.82, 2.24) is 0 Å². The summed E-state index contributed by atoms with van der Waals surface area (Å²) in [5.74, 6) is -0.597. The number of carbonyl (C=O) groups excluding carboxylic acids is 1. The van der Waals surface area contributed by atoms with E-state index in [0.717, 1.165) is 39.8 Å². The van der Waals surface area contributed by atoms with Crippen LogP contribution < -0.4 is 0 Å². The van der Waals surface area contributed by atoms with E-state index < -0.39 is 0 Å². The first-order valence-corrected chi connectivity index (χ1v) is 10.8. The van der Waals surface area contributed by atoms with Gasteiger partial charge in [0.1, 0.15) is 5.82 Å². The van der Waals surface area contributed by atoms with Crippen LogP contribution in [0.4, 0.5) is 4.39 Å². The maximum absolute atomic E-state index is 14.3. The minimum Gasteiger partial charge on any atom is -0.462 e. The summed E-state index contributed by atoms with van der Waals surface area (Å²) < 4.78 is 19.5. The third-order valence-electron chi connectivity index (χ3n) is 5.41. The first-order chi connectivity index (χ1) is 15.4. The molecule has 1 N–H and O–H groups in total. The van der Waals surface area contributed by atoms with E-state index in [1.807, 2.05) is 55.5 Å². The number of hydrogen-bond acceptors (Lipinski definition) is 3. The lowest BCUT2D eigenvalue weighted by Crippen LogP contribution is -2.07. The van der Waals surface area contributed by atoms with Crippen molar-refractivity contribution in [3.63, 3.8) is 0 Å². The Morgan fingerprint density at radius 3 is 2.28 bits per heavy atom. The molecule has 0 atom stereocenters. The average Bonchev–Trinajstić information content (AvgIpc) is 2.78. The van der Waals surface area contributed by atoms with Crippen molar-refractivity contribution in [1.29, 1.82) is 0 Å². The normalized spacial score (nSPS) is 10.8. The van der Waals surface area contributed by atoms with Gasteiger partial charge in [0.2, 0.25) is 0 Å². The summed E-state index contributed by atoms with van der Waals surface area (Å²) in [4.78, 5) is 11.6. The summed E-state index contributed by atoms with van der Waals surface area (Å²) in [5, 5.41) is 9.40. The van der Waals surface area contributed by atoms with Gasteiger partial charge in [0.15, 0.2) is 0 Å². The zero-order valence-corrected chi connectivity index (χ0v) is 18.7. The predicted octanol–water partition coefficient (Wildman–Crippen LogP) is 6.05. The van der Waals surface area contributed by atoms with E-state index in [-0.39, 0.29) is 18.4 Å². The Bertz CT molecular complexity index is 1100. The lowest BCUT2D eigenvalue weighted by molar-refractivity contribution is -0.139. The van der Waals surface area contributed by atoms with E-state index >= 15 is 0 Å². The molecule has 0 fully saturated rings. The van der Waals surface area contributed by atoms with Crippen molar-refractivity contribution >= 4 is 5.97 Å². The zero-order valence-electron chi connectivity index (χ0n) is 18.7. The molecule has 0 amide bonds. The molecular weight excluding hydrogens is 403 g/mol. The fourth-order valence-corrected chi connectivity index (χ4v) is 3.65. The molecule has 0 aliphatic carbocycles. The molecule has 0 unspecified atom stereocenters. The largest absolute Gasteiger partial charge is 0.462 e. The molecule has 3 aromatic rings. The highest BCUT2D eigenvalue weighted by Gasteiger charge is 2.09. The molecule has 32 heavy (non-hydrogen) atoms. The van der Waals surface area contributed by atoms with Crippen LogP contribution in [0.25, 0.3) is 22.3 Å². The third kappa shape index (κ3) is 5.92. The van der Waals surface area contributed by atoms with E-state index in [1.165, 1.54) is 0 Å². The van der Waals surface area contributed by atoms with Gasteiger partial charge in [-0.25, -0.2) is 9.18 Å². The summed E-state index contributed by atoms with van der Waals surface area (Å²) in [7, 11) is 0. The Hall–Kier alpha value is -3.24. The molecule has 0 saturated carbocycles. The molecule has 0 heterocycles. The molecule has 0 aliphatic rings.